The Hall–Kier alpha value is -2.30. The van der Waals surface area contributed by atoms with Crippen molar-refractivity contribution in [3.8, 4) is 0 Å². The van der Waals surface area contributed by atoms with Crippen LogP contribution >= 0.6 is 0 Å². The van der Waals surface area contributed by atoms with Crippen LogP contribution in [0.3, 0.4) is 0 Å². The molecular weight excluding hydrogens is 256 g/mol. The van der Waals surface area contributed by atoms with Crippen LogP contribution in [0.25, 0.3) is 10.9 Å². The number of nitrogens with zero attached hydrogens (tertiary/aromatic N) is 2. The van der Waals surface area contributed by atoms with Gasteiger partial charge < -0.3 is 14.2 Å². The van der Waals surface area contributed by atoms with Crippen LogP contribution in [0.4, 0.5) is 5.69 Å². The Balaban J connectivity index is 1.91. The van der Waals surface area contributed by atoms with Crippen molar-refractivity contribution in [2.75, 3.05) is 18.6 Å². The van der Waals surface area contributed by atoms with Crippen LogP contribution in [0.15, 0.2) is 30.5 Å². The molecule has 1 atom stereocenters. The van der Waals surface area contributed by atoms with Crippen LogP contribution < -0.4 is 4.90 Å². The molecule has 5 nitrogen and oxygen atoms in total. The molecule has 1 aliphatic heterocycles. The zero-order valence-corrected chi connectivity index (χ0v) is 11.5. The Bertz CT molecular complexity index is 689. The number of carbonyl (C=O) groups is 2. The van der Waals surface area contributed by atoms with E-state index in [1.54, 1.807) is 4.90 Å². The second kappa shape index (κ2) is 4.67. The minimum atomic E-state index is -0.362. The highest BCUT2D eigenvalue weighted by molar-refractivity contribution is 6.00. The maximum Gasteiger partial charge on any atom is 0.311 e. The molecule has 1 fully saturated rings. The smallest absolute Gasteiger partial charge is 0.311 e. The summed E-state index contributed by atoms with van der Waals surface area (Å²) in [6.07, 6.45) is 2.21. The van der Waals surface area contributed by atoms with E-state index < -0.39 is 0 Å². The highest BCUT2D eigenvalue weighted by atomic mass is 16.5. The number of hydrogen-bond acceptors (Lipinski definition) is 3. The molecule has 1 aliphatic rings. The Kier molecular flexibility index (Phi) is 2.97. The van der Waals surface area contributed by atoms with E-state index in [2.05, 4.69) is 0 Å². The summed E-state index contributed by atoms with van der Waals surface area (Å²) < 4.78 is 6.75. The summed E-state index contributed by atoms with van der Waals surface area (Å²) in [5.74, 6) is -0.712. The molecule has 0 radical (unpaired) electrons. The lowest BCUT2D eigenvalue weighted by Crippen LogP contribution is -2.26. The number of rotatable bonds is 2. The van der Waals surface area contributed by atoms with Crippen LogP contribution in [0.2, 0.25) is 0 Å². The molecule has 20 heavy (non-hydrogen) atoms. The monoisotopic (exact) mass is 272 g/mol. The van der Waals surface area contributed by atoms with Gasteiger partial charge in [0.1, 0.15) is 0 Å². The van der Waals surface area contributed by atoms with Crippen LogP contribution in [-0.4, -0.2) is 30.1 Å². The Morgan fingerprint density at radius 3 is 2.90 bits per heavy atom. The van der Waals surface area contributed by atoms with Crippen LogP contribution in [0, 0.1) is 5.92 Å². The number of carbonyl (C=O) groups excluding carboxylic acids is 2. The highest BCUT2D eigenvalue weighted by Gasteiger charge is 2.35. The first-order valence-corrected chi connectivity index (χ1v) is 6.53. The first-order chi connectivity index (χ1) is 9.60. The number of ether oxygens (including phenoxy) is 1. The van der Waals surface area contributed by atoms with E-state index in [0.717, 1.165) is 16.6 Å². The molecule has 0 aliphatic carbocycles. The van der Waals surface area contributed by atoms with Crippen molar-refractivity contribution in [3.63, 3.8) is 0 Å². The van der Waals surface area contributed by atoms with E-state index >= 15 is 0 Å². The van der Waals surface area contributed by atoms with Crippen LogP contribution in [-0.2, 0) is 21.4 Å². The second-order valence-electron chi connectivity index (χ2n) is 5.10. The van der Waals surface area contributed by atoms with Crippen molar-refractivity contribution < 1.29 is 14.3 Å². The lowest BCUT2D eigenvalue weighted by molar-refractivity contribution is -0.145. The van der Waals surface area contributed by atoms with E-state index in [-0.39, 0.29) is 24.2 Å². The zero-order valence-electron chi connectivity index (χ0n) is 11.5. The van der Waals surface area contributed by atoms with Gasteiger partial charge in [0.2, 0.25) is 5.91 Å². The Labute approximate surface area is 116 Å². The van der Waals surface area contributed by atoms with E-state index in [4.69, 9.17) is 4.74 Å². The van der Waals surface area contributed by atoms with Crippen LogP contribution in [0.1, 0.15) is 6.42 Å². The van der Waals surface area contributed by atoms with Gasteiger partial charge in [0.05, 0.1) is 13.0 Å². The van der Waals surface area contributed by atoms with Gasteiger partial charge in [0, 0.05) is 42.8 Å². The van der Waals surface area contributed by atoms with Gasteiger partial charge in [-0.05, 0) is 24.3 Å². The Morgan fingerprint density at radius 2 is 2.15 bits per heavy atom. The number of aryl methyl sites for hydroxylation is 1. The van der Waals surface area contributed by atoms with Crippen molar-refractivity contribution in [2.24, 2.45) is 13.0 Å². The molecule has 2 aromatic rings. The number of esters is 1. The molecule has 5 heteroatoms. The van der Waals surface area contributed by atoms with Gasteiger partial charge in [0.25, 0.3) is 0 Å². The van der Waals surface area contributed by atoms with Gasteiger partial charge in [0.15, 0.2) is 0 Å². The Morgan fingerprint density at radius 1 is 1.35 bits per heavy atom. The van der Waals surface area contributed by atoms with Gasteiger partial charge in [-0.3, -0.25) is 9.59 Å². The molecule has 0 spiro atoms. The van der Waals surface area contributed by atoms with E-state index in [1.165, 1.54) is 7.11 Å². The predicted octanol–water partition coefficient (Wildman–Crippen LogP) is 1.70. The van der Waals surface area contributed by atoms with Crippen molar-refractivity contribution in [2.45, 2.75) is 6.42 Å². The average molecular weight is 272 g/mol. The molecular formula is C15H16N2O3. The highest BCUT2D eigenvalue weighted by Crippen LogP contribution is 2.28. The van der Waals surface area contributed by atoms with Crippen LogP contribution in [0.5, 0.6) is 0 Å². The number of hydrogen-bond donors (Lipinski definition) is 0. The molecule has 0 N–H and O–H groups in total. The first kappa shape index (κ1) is 12.7. The van der Waals surface area contributed by atoms with Gasteiger partial charge in [-0.1, -0.05) is 0 Å². The summed E-state index contributed by atoms with van der Waals surface area (Å²) >= 11 is 0. The van der Waals surface area contributed by atoms with Crippen molar-refractivity contribution in [3.05, 3.63) is 30.5 Å². The zero-order chi connectivity index (χ0) is 14.3. The van der Waals surface area contributed by atoms with Crippen molar-refractivity contribution in [1.82, 2.24) is 4.57 Å². The molecule has 1 aromatic heterocycles. The minimum Gasteiger partial charge on any atom is -0.469 e. The number of anilines is 1. The molecule has 1 unspecified atom stereocenters. The standard InChI is InChI=1S/C15H16N2O3/c1-16-6-5-10-7-12(3-4-13(10)16)17-9-11(8-14(17)18)15(19)20-2/h3-7,11H,8-9H2,1-2H3. The summed E-state index contributed by atoms with van der Waals surface area (Å²) in [6, 6.07) is 7.90. The third kappa shape index (κ3) is 1.95. The van der Waals surface area contributed by atoms with Crippen molar-refractivity contribution in [1.29, 1.82) is 0 Å². The summed E-state index contributed by atoms with van der Waals surface area (Å²) in [7, 11) is 3.34. The number of methoxy groups -OCH3 is 1. The first-order valence-electron chi connectivity index (χ1n) is 6.53. The number of fused-ring (bicyclic) bond motifs is 1. The average Bonchev–Trinajstić information content (AvgIpc) is 3.01. The summed E-state index contributed by atoms with van der Waals surface area (Å²) in [5, 5.41) is 1.08. The predicted molar refractivity (Wildman–Crippen MR) is 75.4 cm³/mol. The molecule has 0 bridgehead atoms. The number of benzene rings is 1. The molecule has 1 aromatic carbocycles. The van der Waals surface area contributed by atoms with E-state index in [0.29, 0.717) is 6.54 Å². The minimum absolute atomic E-state index is 0.0318. The maximum absolute atomic E-state index is 12.1. The lowest BCUT2D eigenvalue weighted by Gasteiger charge is -2.16. The van der Waals surface area contributed by atoms with Gasteiger partial charge in [-0.2, -0.15) is 0 Å². The number of aromatic nitrogens is 1. The lowest BCUT2D eigenvalue weighted by atomic mass is 10.1. The third-order valence-corrected chi connectivity index (χ3v) is 3.84. The largest absolute Gasteiger partial charge is 0.469 e. The van der Waals surface area contributed by atoms with Crippen molar-refractivity contribution >= 4 is 28.5 Å². The fraction of sp³-hybridized carbons (Fsp3) is 0.333. The number of amides is 1. The normalized spacial score (nSPS) is 18.8. The molecule has 2 heterocycles. The summed E-state index contributed by atoms with van der Waals surface area (Å²) in [6.45, 7) is 0.393. The topological polar surface area (TPSA) is 51.5 Å². The maximum atomic E-state index is 12.1. The fourth-order valence-electron chi connectivity index (χ4n) is 2.72. The quantitative estimate of drug-likeness (QED) is 0.782. The molecule has 1 saturated heterocycles. The molecule has 104 valence electrons. The summed E-state index contributed by atoms with van der Waals surface area (Å²) in [4.78, 5) is 25.3. The van der Waals surface area contributed by atoms with E-state index in [9.17, 15) is 9.59 Å². The molecule has 3 rings (SSSR count). The third-order valence-electron chi connectivity index (χ3n) is 3.84. The van der Waals surface area contributed by atoms with Gasteiger partial charge >= 0.3 is 5.97 Å². The molecule has 1 amide bonds. The van der Waals surface area contributed by atoms with Gasteiger partial charge in [-0.25, -0.2) is 0 Å². The summed E-state index contributed by atoms with van der Waals surface area (Å²) in [5.41, 5.74) is 1.95. The van der Waals surface area contributed by atoms with E-state index in [1.807, 2.05) is 42.1 Å². The second-order valence-corrected chi connectivity index (χ2v) is 5.10. The van der Waals surface area contributed by atoms with Gasteiger partial charge in [-0.15, -0.1) is 0 Å². The molecule has 0 saturated carbocycles. The SMILES string of the molecule is COC(=O)C1CC(=O)N(c2ccc3c(ccn3C)c2)C1. The fourth-order valence-corrected chi connectivity index (χ4v) is 2.72.